The molecule has 6 heteroatoms. The van der Waals surface area contributed by atoms with Gasteiger partial charge in [0.2, 0.25) is 11.8 Å². The molecule has 1 amide bonds. The van der Waals surface area contributed by atoms with E-state index in [0.717, 1.165) is 11.1 Å². The minimum Gasteiger partial charge on any atom is -0.481 e. The number of hydrogen-bond acceptors (Lipinski definition) is 5. The van der Waals surface area contributed by atoms with Crippen molar-refractivity contribution < 1.29 is 13.9 Å². The largest absolute Gasteiger partial charge is 0.481 e. The predicted molar refractivity (Wildman–Crippen MR) is 97.6 cm³/mol. The first-order chi connectivity index (χ1) is 12.6. The molecule has 0 radical (unpaired) electrons. The zero-order chi connectivity index (χ0) is 18.4. The zero-order valence-corrected chi connectivity index (χ0v) is 14.9. The van der Waals surface area contributed by atoms with Gasteiger partial charge in [-0.2, -0.15) is 0 Å². The number of benzene rings is 1. The lowest BCUT2D eigenvalue weighted by Crippen LogP contribution is -2.23. The summed E-state index contributed by atoms with van der Waals surface area (Å²) in [5.41, 5.74) is 3.08. The molecule has 0 saturated heterocycles. The molecule has 3 aromatic rings. The lowest BCUT2D eigenvalue weighted by Gasteiger charge is -2.05. The summed E-state index contributed by atoms with van der Waals surface area (Å²) in [6.45, 7) is 2.46. The molecule has 134 valence electrons. The SMILES string of the molecule is COc1ccc(CNC(=O)CCc2ncc(-c3ccc(C)cc3)o2)cn1. The van der Waals surface area contributed by atoms with Gasteiger partial charge in [-0.25, -0.2) is 9.97 Å². The normalized spacial score (nSPS) is 10.5. The lowest BCUT2D eigenvalue weighted by molar-refractivity contribution is -0.121. The van der Waals surface area contributed by atoms with Gasteiger partial charge >= 0.3 is 0 Å². The minimum atomic E-state index is -0.0593. The van der Waals surface area contributed by atoms with Crippen LogP contribution in [0, 0.1) is 6.92 Å². The monoisotopic (exact) mass is 351 g/mol. The van der Waals surface area contributed by atoms with Crippen LogP contribution >= 0.6 is 0 Å². The number of hydrogen-bond donors (Lipinski definition) is 1. The molecule has 2 aromatic heterocycles. The van der Waals surface area contributed by atoms with E-state index in [9.17, 15) is 4.79 Å². The molecule has 1 aromatic carbocycles. The predicted octanol–water partition coefficient (Wildman–Crippen LogP) is 3.30. The second-order valence-electron chi connectivity index (χ2n) is 5.97. The number of rotatable bonds is 7. The van der Waals surface area contributed by atoms with Crippen LogP contribution in [-0.4, -0.2) is 23.0 Å². The molecule has 0 unspecified atom stereocenters. The zero-order valence-electron chi connectivity index (χ0n) is 14.9. The Morgan fingerprint density at radius 1 is 1.12 bits per heavy atom. The topological polar surface area (TPSA) is 77.2 Å². The maximum atomic E-state index is 12.0. The standard InChI is InChI=1S/C20H21N3O3/c1-14-3-6-16(7-4-14)17-13-23-20(26-17)10-8-18(24)21-11-15-5-9-19(25-2)22-12-15/h3-7,9,12-13H,8,10-11H2,1-2H3,(H,21,24). The van der Waals surface area contributed by atoms with Crippen LogP contribution in [0.5, 0.6) is 5.88 Å². The van der Waals surface area contributed by atoms with Crippen molar-refractivity contribution in [3.63, 3.8) is 0 Å². The van der Waals surface area contributed by atoms with Crippen LogP contribution in [0.25, 0.3) is 11.3 Å². The third kappa shape index (κ3) is 4.69. The van der Waals surface area contributed by atoms with Gasteiger partial charge in [-0.1, -0.05) is 35.9 Å². The van der Waals surface area contributed by atoms with Crippen molar-refractivity contribution in [3.05, 3.63) is 65.8 Å². The fourth-order valence-electron chi connectivity index (χ4n) is 2.42. The molecule has 26 heavy (non-hydrogen) atoms. The smallest absolute Gasteiger partial charge is 0.220 e. The fraction of sp³-hybridized carbons (Fsp3) is 0.250. The molecular formula is C20H21N3O3. The van der Waals surface area contributed by atoms with E-state index < -0.39 is 0 Å². The molecule has 0 saturated carbocycles. The van der Waals surface area contributed by atoms with Gasteiger partial charge in [0.25, 0.3) is 0 Å². The van der Waals surface area contributed by atoms with Crippen molar-refractivity contribution in [1.82, 2.24) is 15.3 Å². The minimum absolute atomic E-state index is 0.0593. The third-order valence-electron chi connectivity index (χ3n) is 3.95. The Hall–Kier alpha value is -3.15. The van der Waals surface area contributed by atoms with Gasteiger partial charge in [0.05, 0.1) is 13.3 Å². The van der Waals surface area contributed by atoms with Gasteiger partial charge < -0.3 is 14.5 Å². The van der Waals surface area contributed by atoms with Crippen LogP contribution in [0.3, 0.4) is 0 Å². The number of ether oxygens (including phenoxy) is 1. The van der Waals surface area contributed by atoms with Crippen molar-refractivity contribution in [2.24, 2.45) is 0 Å². The Morgan fingerprint density at radius 2 is 1.92 bits per heavy atom. The van der Waals surface area contributed by atoms with E-state index in [1.54, 1.807) is 25.6 Å². The van der Waals surface area contributed by atoms with E-state index in [4.69, 9.17) is 9.15 Å². The Kier molecular flexibility index (Phi) is 5.63. The molecule has 0 atom stereocenters. The second kappa shape index (κ2) is 8.29. The van der Waals surface area contributed by atoms with E-state index in [1.165, 1.54) is 5.56 Å². The van der Waals surface area contributed by atoms with Crippen molar-refractivity contribution in [3.8, 4) is 17.2 Å². The summed E-state index contributed by atoms with van der Waals surface area (Å²) in [6.07, 6.45) is 4.15. The Labute approximate surface area is 152 Å². The highest BCUT2D eigenvalue weighted by Crippen LogP contribution is 2.21. The molecule has 1 N–H and O–H groups in total. The Morgan fingerprint density at radius 3 is 2.62 bits per heavy atom. The first-order valence-electron chi connectivity index (χ1n) is 8.41. The van der Waals surface area contributed by atoms with Crippen LogP contribution in [0.15, 0.2) is 53.2 Å². The lowest BCUT2D eigenvalue weighted by atomic mass is 10.1. The van der Waals surface area contributed by atoms with Gasteiger partial charge in [-0.05, 0) is 12.5 Å². The summed E-state index contributed by atoms with van der Waals surface area (Å²) in [6, 6.07) is 11.7. The molecule has 0 aliphatic carbocycles. The molecule has 6 nitrogen and oxygen atoms in total. The second-order valence-corrected chi connectivity index (χ2v) is 5.97. The number of methoxy groups -OCH3 is 1. The van der Waals surface area contributed by atoms with Gasteiger partial charge in [0.1, 0.15) is 0 Å². The quantitative estimate of drug-likeness (QED) is 0.707. The number of pyridine rings is 1. The molecule has 3 rings (SSSR count). The van der Waals surface area contributed by atoms with E-state index in [0.29, 0.717) is 36.9 Å². The van der Waals surface area contributed by atoms with E-state index >= 15 is 0 Å². The maximum absolute atomic E-state index is 12.0. The van der Waals surface area contributed by atoms with Gasteiger partial charge in [0.15, 0.2) is 11.7 Å². The average Bonchev–Trinajstić information content (AvgIpc) is 3.14. The van der Waals surface area contributed by atoms with E-state index in [1.807, 2.05) is 37.3 Å². The van der Waals surface area contributed by atoms with Crippen molar-refractivity contribution in [1.29, 1.82) is 0 Å². The van der Waals surface area contributed by atoms with Crippen molar-refractivity contribution >= 4 is 5.91 Å². The van der Waals surface area contributed by atoms with Gasteiger partial charge in [-0.15, -0.1) is 0 Å². The summed E-state index contributed by atoms with van der Waals surface area (Å²) in [4.78, 5) is 20.4. The number of aromatic nitrogens is 2. The third-order valence-corrected chi connectivity index (χ3v) is 3.95. The highest BCUT2D eigenvalue weighted by molar-refractivity contribution is 5.76. The fourth-order valence-corrected chi connectivity index (χ4v) is 2.42. The average molecular weight is 351 g/mol. The van der Waals surface area contributed by atoms with Crippen LogP contribution in [0.2, 0.25) is 0 Å². The van der Waals surface area contributed by atoms with Crippen molar-refractivity contribution in [2.75, 3.05) is 7.11 Å². The summed E-state index contributed by atoms with van der Waals surface area (Å²) in [5, 5.41) is 2.86. The molecule has 0 aliphatic rings. The Balaban J connectivity index is 1.47. The molecule has 0 spiro atoms. The first kappa shape index (κ1) is 17.7. The summed E-state index contributed by atoms with van der Waals surface area (Å²) < 4.78 is 10.7. The molecule has 0 bridgehead atoms. The van der Waals surface area contributed by atoms with Crippen LogP contribution in [0.1, 0.15) is 23.4 Å². The van der Waals surface area contributed by atoms with E-state index in [2.05, 4.69) is 15.3 Å². The van der Waals surface area contributed by atoms with E-state index in [-0.39, 0.29) is 5.91 Å². The van der Waals surface area contributed by atoms with Crippen molar-refractivity contribution in [2.45, 2.75) is 26.3 Å². The number of carbonyl (C=O) groups is 1. The molecule has 2 heterocycles. The number of amides is 1. The number of carbonyl (C=O) groups excluding carboxylic acids is 1. The van der Waals surface area contributed by atoms with Gasteiger partial charge in [-0.3, -0.25) is 4.79 Å². The number of aryl methyl sites for hydroxylation is 2. The highest BCUT2D eigenvalue weighted by atomic mass is 16.5. The summed E-state index contributed by atoms with van der Waals surface area (Å²) in [7, 11) is 1.57. The summed E-state index contributed by atoms with van der Waals surface area (Å²) >= 11 is 0. The number of nitrogens with zero attached hydrogens (tertiary/aromatic N) is 2. The van der Waals surface area contributed by atoms with Crippen LogP contribution < -0.4 is 10.1 Å². The Bertz CT molecular complexity index is 855. The maximum Gasteiger partial charge on any atom is 0.220 e. The molecule has 0 aliphatic heterocycles. The summed E-state index contributed by atoms with van der Waals surface area (Å²) in [5.74, 6) is 1.76. The number of oxazole rings is 1. The van der Waals surface area contributed by atoms with Crippen LogP contribution in [-0.2, 0) is 17.8 Å². The number of nitrogens with one attached hydrogen (secondary N) is 1. The molecular weight excluding hydrogens is 330 g/mol. The first-order valence-corrected chi connectivity index (χ1v) is 8.41. The highest BCUT2D eigenvalue weighted by Gasteiger charge is 2.09. The molecule has 0 fully saturated rings. The van der Waals surface area contributed by atoms with Gasteiger partial charge in [0, 0.05) is 37.2 Å². The van der Waals surface area contributed by atoms with Crippen LogP contribution in [0.4, 0.5) is 0 Å².